The van der Waals surface area contributed by atoms with Gasteiger partial charge in [-0.15, -0.1) is 0 Å². The molecule has 0 bridgehead atoms. The summed E-state index contributed by atoms with van der Waals surface area (Å²) in [5, 5.41) is 0. The van der Waals surface area contributed by atoms with Crippen LogP contribution >= 0.6 is 0 Å². The Morgan fingerprint density at radius 2 is 1.90 bits per heavy atom. The zero-order valence-electron chi connectivity index (χ0n) is 13.3. The van der Waals surface area contributed by atoms with E-state index in [1.54, 1.807) is 11.9 Å². The minimum Gasteiger partial charge on any atom is -0.342 e. The largest absolute Gasteiger partial charge is 0.342 e. The Morgan fingerprint density at radius 1 is 1.30 bits per heavy atom. The monoisotopic (exact) mass is 283 g/mol. The molecule has 0 spiro atoms. The maximum absolute atomic E-state index is 12.5. The first kappa shape index (κ1) is 17.0. The van der Waals surface area contributed by atoms with Crippen LogP contribution in [0.2, 0.25) is 0 Å². The van der Waals surface area contributed by atoms with Gasteiger partial charge in [0.15, 0.2) is 0 Å². The molecule has 0 aliphatic heterocycles. The number of hydrogen-bond donors (Lipinski definition) is 1. The summed E-state index contributed by atoms with van der Waals surface area (Å²) < 4.78 is 0. The maximum Gasteiger partial charge on any atom is 0.242 e. The summed E-state index contributed by atoms with van der Waals surface area (Å²) in [5.41, 5.74) is 5.51. The lowest BCUT2D eigenvalue weighted by Gasteiger charge is -2.38. The zero-order valence-corrected chi connectivity index (χ0v) is 13.3. The fourth-order valence-corrected chi connectivity index (χ4v) is 3.12. The molecule has 116 valence electrons. The number of nitrogens with two attached hydrogens (primary N) is 1. The van der Waals surface area contributed by atoms with Crippen LogP contribution in [-0.4, -0.2) is 53.8 Å². The van der Waals surface area contributed by atoms with Gasteiger partial charge in [0, 0.05) is 20.1 Å². The molecule has 1 aliphatic carbocycles. The average Bonchev–Trinajstić information content (AvgIpc) is 2.38. The Hall–Kier alpha value is -1.10. The third-order valence-corrected chi connectivity index (χ3v) is 4.29. The molecule has 0 aromatic rings. The molecule has 1 aliphatic rings. The molecule has 0 radical (unpaired) electrons. The van der Waals surface area contributed by atoms with Crippen LogP contribution in [0.3, 0.4) is 0 Å². The molecule has 0 heterocycles. The van der Waals surface area contributed by atoms with E-state index < -0.39 is 5.54 Å². The molecule has 2 amide bonds. The third kappa shape index (κ3) is 3.95. The molecule has 2 atom stereocenters. The summed E-state index contributed by atoms with van der Waals surface area (Å²) in [7, 11) is 1.68. The number of nitrogens with zero attached hydrogens (tertiary/aromatic N) is 2. The van der Waals surface area contributed by atoms with Gasteiger partial charge in [-0.2, -0.15) is 0 Å². The van der Waals surface area contributed by atoms with Crippen molar-refractivity contribution in [2.45, 2.75) is 52.0 Å². The van der Waals surface area contributed by atoms with E-state index in [4.69, 9.17) is 5.73 Å². The Kier molecular flexibility index (Phi) is 5.99. The molecule has 5 heteroatoms. The summed E-state index contributed by atoms with van der Waals surface area (Å²) in [6.07, 6.45) is 3.56. The molecular formula is C15H29N3O2. The molecule has 0 saturated heterocycles. The summed E-state index contributed by atoms with van der Waals surface area (Å²) in [5.74, 6) is 0.368. The number of carbonyl (C=O) groups is 2. The minimum atomic E-state index is -0.782. The van der Waals surface area contributed by atoms with E-state index in [9.17, 15) is 9.59 Å². The first-order valence-corrected chi connectivity index (χ1v) is 7.66. The van der Waals surface area contributed by atoms with Gasteiger partial charge in [-0.25, -0.2) is 0 Å². The van der Waals surface area contributed by atoms with Crippen molar-refractivity contribution in [3.05, 3.63) is 0 Å². The highest BCUT2D eigenvalue weighted by molar-refractivity contribution is 5.90. The Labute approximate surface area is 122 Å². The van der Waals surface area contributed by atoms with Crippen molar-refractivity contribution < 1.29 is 9.59 Å². The summed E-state index contributed by atoms with van der Waals surface area (Å²) in [6, 6.07) is 0. The number of likely N-dealkylation sites (N-methyl/N-ethyl adjacent to an activating group) is 2. The van der Waals surface area contributed by atoms with Crippen LogP contribution in [0, 0.1) is 5.92 Å². The van der Waals surface area contributed by atoms with Crippen molar-refractivity contribution in [1.82, 2.24) is 9.80 Å². The fraction of sp³-hybridized carbons (Fsp3) is 0.867. The standard InChI is InChI=1S/C15H29N3O2/c1-5-18(6-2)13(19)11-17(4)14(20)15(16)9-7-8-12(3)10-15/h12H,5-11,16H2,1-4H3. The highest BCUT2D eigenvalue weighted by atomic mass is 16.2. The summed E-state index contributed by atoms with van der Waals surface area (Å²) in [4.78, 5) is 27.8. The van der Waals surface area contributed by atoms with Gasteiger partial charge in [0.25, 0.3) is 0 Å². The van der Waals surface area contributed by atoms with E-state index in [1.807, 2.05) is 13.8 Å². The Balaban J connectivity index is 2.64. The van der Waals surface area contributed by atoms with Crippen LogP contribution in [0.5, 0.6) is 0 Å². The van der Waals surface area contributed by atoms with Crippen LogP contribution in [0.25, 0.3) is 0 Å². The first-order chi connectivity index (χ1) is 9.34. The molecular weight excluding hydrogens is 254 g/mol. The lowest BCUT2D eigenvalue weighted by molar-refractivity contribution is -0.143. The predicted molar refractivity (Wildman–Crippen MR) is 80.1 cm³/mol. The number of amides is 2. The molecule has 0 aromatic carbocycles. The van der Waals surface area contributed by atoms with Crippen LogP contribution in [0.1, 0.15) is 46.5 Å². The maximum atomic E-state index is 12.5. The van der Waals surface area contributed by atoms with E-state index in [-0.39, 0.29) is 18.4 Å². The van der Waals surface area contributed by atoms with Gasteiger partial charge in [-0.1, -0.05) is 19.8 Å². The molecule has 5 nitrogen and oxygen atoms in total. The van der Waals surface area contributed by atoms with Crippen LogP contribution in [-0.2, 0) is 9.59 Å². The van der Waals surface area contributed by atoms with Gasteiger partial charge in [0.05, 0.1) is 12.1 Å². The van der Waals surface area contributed by atoms with Crippen molar-refractivity contribution in [3.8, 4) is 0 Å². The molecule has 1 rings (SSSR count). The smallest absolute Gasteiger partial charge is 0.242 e. The highest BCUT2D eigenvalue weighted by Crippen LogP contribution is 2.31. The van der Waals surface area contributed by atoms with Gasteiger partial charge in [0.1, 0.15) is 0 Å². The van der Waals surface area contributed by atoms with E-state index >= 15 is 0 Å². The molecule has 1 fully saturated rings. The second-order valence-corrected chi connectivity index (χ2v) is 6.08. The average molecular weight is 283 g/mol. The lowest BCUT2D eigenvalue weighted by Crippen LogP contribution is -2.57. The van der Waals surface area contributed by atoms with E-state index in [2.05, 4.69) is 6.92 Å². The number of hydrogen-bond acceptors (Lipinski definition) is 3. The number of carbonyl (C=O) groups excluding carboxylic acids is 2. The fourth-order valence-electron chi connectivity index (χ4n) is 3.12. The van der Waals surface area contributed by atoms with Gasteiger partial charge in [-0.05, 0) is 32.6 Å². The molecule has 20 heavy (non-hydrogen) atoms. The van der Waals surface area contributed by atoms with Crippen LogP contribution in [0.15, 0.2) is 0 Å². The SMILES string of the molecule is CCN(CC)C(=O)CN(C)C(=O)C1(N)CCCC(C)C1. The second kappa shape index (κ2) is 7.07. The normalized spacial score (nSPS) is 26.1. The van der Waals surface area contributed by atoms with E-state index in [0.29, 0.717) is 19.0 Å². The van der Waals surface area contributed by atoms with Crippen molar-refractivity contribution in [1.29, 1.82) is 0 Å². The van der Waals surface area contributed by atoms with Crippen LogP contribution < -0.4 is 5.73 Å². The van der Waals surface area contributed by atoms with Gasteiger partial charge >= 0.3 is 0 Å². The Morgan fingerprint density at radius 3 is 2.40 bits per heavy atom. The minimum absolute atomic E-state index is 0.0155. The van der Waals surface area contributed by atoms with E-state index in [0.717, 1.165) is 25.7 Å². The quantitative estimate of drug-likeness (QED) is 0.825. The second-order valence-electron chi connectivity index (χ2n) is 6.08. The lowest BCUT2D eigenvalue weighted by atomic mass is 9.76. The van der Waals surface area contributed by atoms with Gasteiger partial charge in [-0.3, -0.25) is 9.59 Å². The van der Waals surface area contributed by atoms with Crippen LogP contribution in [0.4, 0.5) is 0 Å². The Bertz CT molecular complexity index is 355. The topological polar surface area (TPSA) is 66.6 Å². The third-order valence-electron chi connectivity index (χ3n) is 4.29. The predicted octanol–water partition coefficient (Wildman–Crippen LogP) is 1.22. The highest BCUT2D eigenvalue weighted by Gasteiger charge is 2.40. The summed E-state index contributed by atoms with van der Waals surface area (Å²) >= 11 is 0. The zero-order chi connectivity index (χ0) is 15.3. The van der Waals surface area contributed by atoms with Crippen molar-refractivity contribution in [2.24, 2.45) is 11.7 Å². The molecule has 1 saturated carbocycles. The first-order valence-electron chi connectivity index (χ1n) is 7.66. The summed E-state index contributed by atoms with van der Waals surface area (Å²) in [6.45, 7) is 7.47. The number of rotatable bonds is 5. The van der Waals surface area contributed by atoms with Crippen molar-refractivity contribution >= 4 is 11.8 Å². The molecule has 2 unspecified atom stereocenters. The van der Waals surface area contributed by atoms with E-state index in [1.165, 1.54) is 4.90 Å². The van der Waals surface area contributed by atoms with Gasteiger partial charge in [0.2, 0.25) is 11.8 Å². The molecule has 2 N–H and O–H groups in total. The van der Waals surface area contributed by atoms with Crippen molar-refractivity contribution in [2.75, 3.05) is 26.7 Å². The van der Waals surface area contributed by atoms with Crippen molar-refractivity contribution in [3.63, 3.8) is 0 Å². The van der Waals surface area contributed by atoms with Gasteiger partial charge < -0.3 is 15.5 Å². The molecule has 0 aromatic heterocycles.